The van der Waals surface area contributed by atoms with Gasteiger partial charge in [-0.25, -0.2) is 0 Å². The van der Waals surface area contributed by atoms with Crippen molar-refractivity contribution in [3.63, 3.8) is 0 Å². The minimum absolute atomic E-state index is 0.378. The van der Waals surface area contributed by atoms with Gasteiger partial charge in [0.25, 0.3) is 0 Å². The van der Waals surface area contributed by atoms with E-state index in [0.717, 1.165) is 46.7 Å². The molecule has 0 aliphatic carbocycles. The number of piperidine rings is 1. The Morgan fingerprint density at radius 1 is 1.16 bits per heavy atom. The molecular weight excluding hydrogens is 488 g/mol. The van der Waals surface area contributed by atoms with Crippen LogP contribution in [0.4, 0.5) is 0 Å². The van der Waals surface area contributed by atoms with Gasteiger partial charge in [0.15, 0.2) is 0 Å². The number of fused-ring (bicyclic) bond motifs is 2. The van der Waals surface area contributed by atoms with Gasteiger partial charge in [0.2, 0.25) is 0 Å². The molecule has 37 heavy (non-hydrogen) atoms. The molecule has 0 amide bonds. The predicted octanol–water partition coefficient (Wildman–Crippen LogP) is 4.63. The number of nitrogens with zero attached hydrogens (tertiary/aromatic N) is 2. The van der Waals surface area contributed by atoms with E-state index >= 15 is 0 Å². The Morgan fingerprint density at radius 3 is 2.68 bits per heavy atom. The lowest BCUT2D eigenvalue weighted by Gasteiger charge is -2.42. The van der Waals surface area contributed by atoms with E-state index in [4.69, 9.17) is 16.3 Å². The molecule has 1 aromatic heterocycles. The number of pyridine rings is 1. The van der Waals surface area contributed by atoms with Gasteiger partial charge in [-0.3, -0.25) is 4.98 Å². The monoisotopic (exact) mass is 520 g/mol. The number of hydrogen-bond acceptors (Lipinski definition) is 6. The summed E-state index contributed by atoms with van der Waals surface area (Å²) in [6.07, 6.45) is 4.23. The number of β-amino-alcohol motifs (C(OH)–C–C–N with tert-alkyl or cyclic N) is 1. The fourth-order valence-electron chi connectivity index (χ4n) is 5.21. The molecule has 1 saturated heterocycles. The van der Waals surface area contributed by atoms with Gasteiger partial charge in [0, 0.05) is 42.0 Å². The van der Waals surface area contributed by atoms with E-state index in [2.05, 4.69) is 22.0 Å². The van der Waals surface area contributed by atoms with Crippen LogP contribution in [0.15, 0.2) is 66.9 Å². The van der Waals surface area contributed by atoms with Gasteiger partial charge in [-0.2, -0.15) is 0 Å². The van der Waals surface area contributed by atoms with E-state index in [0.29, 0.717) is 36.7 Å². The van der Waals surface area contributed by atoms with Crippen LogP contribution in [0.2, 0.25) is 5.02 Å². The number of aliphatic hydroxyl groups is 3. The SMILES string of the molecule is CC(C)(O)c1ccc2c(c1)/C(=C\CCN1CCC(O)(c3ccc(Cl)cc3)C(O)C1)c1cccnc1CO2. The zero-order valence-corrected chi connectivity index (χ0v) is 21.9. The van der Waals surface area contributed by atoms with Gasteiger partial charge in [-0.05, 0) is 73.7 Å². The Morgan fingerprint density at radius 2 is 1.95 bits per heavy atom. The van der Waals surface area contributed by atoms with Crippen molar-refractivity contribution in [1.29, 1.82) is 0 Å². The third kappa shape index (κ3) is 5.31. The van der Waals surface area contributed by atoms with Gasteiger partial charge in [-0.1, -0.05) is 41.9 Å². The molecule has 194 valence electrons. The van der Waals surface area contributed by atoms with Crippen molar-refractivity contribution in [1.82, 2.24) is 9.88 Å². The highest BCUT2D eigenvalue weighted by atomic mass is 35.5. The topological polar surface area (TPSA) is 86.1 Å². The highest BCUT2D eigenvalue weighted by Crippen LogP contribution is 2.39. The van der Waals surface area contributed by atoms with Crippen molar-refractivity contribution < 1.29 is 20.1 Å². The minimum atomic E-state index is -1.28. The van der Waals surface area contributed by atoms with E-state index < -0.39 is 17.3 Å². The summed E-state index contributed by atoms with van der Waals surface area (Å²) in [4.78, 5) is 6.73. The molecule has 6 nitrogen and oxygen atoms in total. The van der Waals surface area contributed by atoms with Crippen molar-refractivity contribution in [2.24, 2.45) is 0 Å². The normalized spacial score (nSPS) is 23.2. The number of hydrogen-bond donors (Lipinski definition) is 3. The first-order valence-electron chi connectivity index (χ1n) is 12.7. The van der Waals surface area contributed by atoms with Crippen molar-refractivity contribution in [3.8, 4) is 5.75 Å². The van der Waals surface area contributed by atoms with Gasteiger partial charge in [0.1, 0.15) is 18.0 Å². The number of halogens is 1. The molecule has 0 radical (unpaired) electrons. The molecule has 1 fully saturated rings. The first-order chi connectivity index (χ1) is 17.6. The second kappa shape index (κ2) is 10.2. The van der Waals surface area contributed by atoms with Crippen LogP contribution in [0.25, 0.3) is 5.57 Å². The fraction of sp³-hybridized carbons (Fsp3) is 0.367. The fourth-order valence-corrected chi connectivity index (χ4v) is 5.33. The summed E-state index contributed by atoms with van der Waals surface area (Å²) in [7, 11) is 0. The maximum atomic E-state index is 11.2. The second-order valence-electron chi connectivity index (χ2n) is 10.5. The van der Waals surface area contributed by atoms with Crippen LogP contribution in [0, 0.1) is 0 Å². The second-order valence-corrected chi connectivity index (χ2v) is 10.9. The summed E-state index contributed by atoms with van der Waals surface area (Å²) in [6, 6.07) is 16.8. The molecule has 7 heteroatoms. The summed E-state index contributed by atoms with van der Waals surface area (Å²) >= 11 is 6.00. The average molecular weight is 521 g/mol. The number of ether oxygens (including phenoxy) is 1. The van der Waals surface area contributed by atoms with Crippen molar-refractivity contribution in [2.45, 2.75) is 50.6 Å². The van der Waals surface area contributed by atoms with Crippen molar-refractivity contribution in [3.05, 3.63) is 99.8 Å². The van der Waals surface area contributed by atoms with Crippen LogP contribution < -0.4 is 4.74 Å². The Labute approximate surface area is 222 Å². The third-order valence-electron chi connectivity index (χ3n) is 7.45. The van der Waals surface area contributed by atoms with E-state index in [1.54, 1.807) is 44.3 Å². The molecule has 3 N–H and O–H groups in total. The van der Waals surface area contributed by atoms with E-state index in [9.17, 15) is 15.3 Å². The summed E-state index contributed by atoms with van der Waals surface area (Å²) in [6.45, 7) is 5.71. The standard InChI is InChI=1S/C30H33ClN2O4/c1-29(2,35)21-9-12-27-25(17-21)23(24-5-3-14-32-26(24)19-37-27)6-4-15-33-16-13-30(36,28(34)18-33)20-7-10-22(31)11-8-20/h3,5-12,14,17,28,34-36H,4,13,15-16,18-19H2,1-2H3/b23-6-. The number of rotatable bonds is 5. The predicted molar refractivity (Wildman–Crippen MR) is 144 cm³/mol. The molecule has 2 aromatic carbocycles. The van der Waals surface area contributed by atoms with E-state index in [1.807, 2.05) is 24.3 Å². The number of benzene rings is 2. The molecule has 3 aromatic rings. The first-order valence-corrected chi connectivity index (χ1v) is 13.1. The molecule has 0 saturated carbocycles. The van der Waals surface area contributed by atoms with Crippen LogP contribution in [0.1, 0.15) is 54.6 Å². The Bertz CT molecular complexity index is 1300. The van der Waals surface area contributed by atoms with Crippen LogP contribution in [-0.4, -0.2) is 50.9 Å². The quantitative estimate of drug-likeness (QED) is 0.455. The Kier molecular flexibility index (Phi) is 7.14. The summed E-state index contributed by atoms with van der Waals surface area (Å²) in [5, 5.41) is 33.3. The van der Waals surface area contributed by atoms with Gasteiger partial charge < -0.3 is 25.0 Å². The lowest BCUT2D eigenvalue weighted by Crippen LogP contribution is -2.53. The highest BCUT2D eigenvalue weighted by Gasteiger charge is 2.41. The third-order valence-corrected chi connectivity index (χ3v) is 7.70. The molecule has 2 atom stereocenters. The summed E-state index contributed by atoms with van der Waals surface area (Å²) < 4.78 is 6.09. The van der Waals surface area contributed by atoms with Crippen LogP contribution >= 0.6 is 11.6 Å². The highest BCUT2D eigenvalue weighted by molar-refractivity contribution is 6.30. The molecule has 0 spiro atoms. The van der Waals surface area contributed by atoms with Gasteiger partial charge in [0.05, 0.1) is 17.4 Å². The van der Waals surface area contributed by atoms with Crippen molar-refractivity contribution in [2.75, 3.05) is 19.6 Å². The zero-order chi connectivity index (χ0) is 26.2. The van der Waals surface area contributed by atoms with Crippen LogP contribution in [0.5, 0.6) is 5.75 Å². The summed E-state index contributed by atoms with van der Waals surface area (Å²) in [5.74, 6) is 0.763. The van der Waals surface area contributed by atoms with Crippen LogP contribution in [-0.2, 0) is 17.8 Å². The first kappa shape index (κ1) is 25.9. The molecule has 5 rings (SSSR count). The van der Waals surface area contributed by atoms with Crippen LogP contribution in [0.3, 0.4) is 0 Å². The molecule has 0 bridgehead atoms. The van der Waals surface area contributed by atoms with E-state index in [-0.39, 0.29) is 0 Å². The average Bonchev–Trinajstić information content (AvgIpc) is 3.03. The van der Waals surface area contributed by atoms with E-state index in [1.165, 1.54) is 0 Å². The maximum Gasteiger partial charge on any atom is 0.131 e. The lowest BCUT2D eigenvalue weighted by atomic mass is 9.82. The Balaban J connectivity index is 1.37. The largest absolute Gasteiger partial charge is 0.487 e. The zero-order valence-electron chi connectivity index (χ0n) is 21.2. The van der Waals surface area contributed by atoms with Gasteiger partial charge >= 0.3 is 0 Å². The number of aromatic nitrogens is 1. The molecule has 2 aliphatic rings. The smallest absolute Gasteiger partial charge is 0.131 e. The lowest BCUT2D eigenvalue weighted by molar-refractivity contribution is -0.124. The molecule has 3 heterocycles. The molecule has 2 unspecified atom stereocenters. The Hall–Kier alpha value is -2.74. The summed E-state index contributed by atoms with van der Waals surface area (Å²) in [5.41, 5.74) is 3.09. The van der Waals surface area contributed by atoms with Gasteiger partial charge in [-0.15, -0.1) is 0 Å². The van der Waals surface area contributed by atoms with Crippen molar-refractivity contribution >= 4 is 17.2 Å². The molecular formula is C30H33ClN2O4. The number of likely N-dealkylation sites (tertiary alicyclic amines) is 1. The maximum absolute atomic E-state index is 11.2. The number of aliphatic hydroxyl groups excluding tert-OH is 1. The molecule has 2 aliphatic heterocycles. The minimum Gasteiger partial charge on any atom is -0.487 e.